The molecule has 1 aromatic rings. The van der Waals surface area contributed by atoms with Crippen molar-refractivity contribution >= 4 is 11.6 Å². The van der Waals surface area contributed by atoms with E-state index < -0.39 is 0 Å². The van der Waals surface area contributed by atoms with Gasteiger partial charge in [0, 0.05) is 24.2 Å². The molecule has 1 heterocycles. The van der Waals surface area contributed by atoms with Crippen LogP contribution in [0.4, 0.5) is 0 Å². The van der Waals surface area contributed by atoms with Gasteiger partial charge in [-0.25, -0.2) is 0 Å². The van der Waals surface area contributed by atoms with Gasteiger partial charge >= 0.3 is 0 Å². The Bertz CT molecular complexity index is 411. The van der Waals surface area contributed by atoms with Gasteiger partial charge in [-0.05, 0) is 42.6 Å². The van der Waals surface area contributed by atoms with Crippen LogP contribution >= 0.6 is 11.6 Å². The zero-order chi connectivity index (χ0) is 13.1. The minimum absolute atomic E-state index is 0.335. The quantitative estimate of drug-likeness (QED) is 0.916. The summed E-state index contributed by atoms with van der Waals surface area (Å²) in [7, 11) is 1.68. The lowest BCUT2D eigenvalue weighted by Crippen LogP contribution is -2.45. The molecule has 0 amide bonds. The number of likely N-dealkylation sites (tertiary alicyclic amines) is 1. The van der Waals surface area contributed by atoms with E-state index in [1.807, 2.05) is 18.2 Å². The molecule has 2 unspecified atom stereocenters. The molecular formula is C14H21ClN2O. The van der Waals surface area contributed by atoms with Crippen LogP contribution in [0.15, 0.2) is 18.2 Å². The largest absolute Gasteiger partial charge is 0.497 e. The van der Waals surface area contributed by atoms with Gasteiger partial charge in [0.05, 0.1) is 7.11 Å². The lowest BCUT2D eigenvalue weighted by molar-refractivity contribution is 0.157. The lowest BCUT2D eigenvalue weighted by Gasteiger charge is -2.35. The highest BCUT2D eigenvalue weighted by molar-refractivity contribution is 6.31. The highest BCUT2D eigenvalue weighted by atomic mass is 35.5. The van der Waals surface area contributed by atoms with Gasteiger partial charge < -0.3 is 10.5 Å². The fourth-order valence-electron chi connectivity index (χ4n) is 2.43. The Morgan fingerprint density at radius 2 is 2.28 bits per heavy atom. The van der Waals surface area contributed by atoms with Gasteiger partial charge in [0.25, 0.3) is 0 Å². The summed E-state index contributed by atoms with van der Waals surface area (Å²) in [5.74, 6) is 1.40. The molecule has 1 fully saturated rings. The molecule has 0 bridgehead atoms. The molecule has 0 saturated carbocycles. The number of methoxy groups -OCH3 is 1. The first-order valence-corrected chi connectivity index (χ1v) is 6.78. The Balaban J connectivity index is 2.05. The summed E-state index contributed by atoms with van der Waals surface area (Å²) < 4.78 is 5.24. The molecule has 1 aliphatic rings. The van der Waals surface area contributed by atoms with E-state index >= 15 is 0 Å². The molecule has 18 heavy (non-hydrogen) atoms. The topological polar surface area (TPSA) is 38.5 Å². The highest BCUT2D eigenvalue weighted by Crippen LogP contribution is 2.25. The second-order valence-corrected chi connectivity index (χ2v) is 5.53. The summed E-state index contributed by atoms with van der Waals surface area (Å²) in [4.78, 5) is 2.41. The third kappa shape index (κ3) is 3.16. The maximum Gasteiger partial charge on any atom is 0.119 e. The van der Waals surface area contributed by atoms with Crippen molar-refractivity contribution in [2.45, 2.75) is 25.9 Å². The number of benzene rings is 1. The normalized spacial score (nSPS) is 25.1. The van der Waals surface area contributed by atoms with E-state index in [0.717, 1.165) is 42.4 Å². The van der Waals surface area contributed by atoms with Crippen LogP contribution in [0, 0.1) is 5.92 Å². The van der Waals surface area contributed by atoms with E-state index in [1.54, 1.807) is 7.11 Å². The Labute approximate surface area is 114 Å². The van der Waals surface area contributed by atoms with E-state index in [2.05, 4.69) is 11.8 Å². The molecule has 1 aromatic carbocycles. The standard InChI is InChI=1S/C14H21ClN2O/c1-10-8-17(6-5-14(10)16)9-11-7-12(18-2)3-4-13(11)15/h3-4,7,10,14H,5-6,8-9,16H2,1-2H3. The zero-order valence-electron chi connectivity index (χ0n) is 11.0. The van der Waals surface area contributed by atoms with Gasteiger partial charge in [0.1, 0.15) is 5.75 Å². The fraction of sp³-hybridized carbons (Fsp3) is 0.571. The number of hydrogen-bond acceptors (Lipinski definition) is 3. The molecule has 100 valence electrons. The third-order valence-corrected chi connectivity index (χ3v) is 4.07. The first kappa shape index (κ1) is 13.7. The molecule has 0 spiro atoms. The smallest absolute Gasteiger partial charge is 0.119 e. The average molecular weight is 269 g/mol. The molecule has 0 radical (unpaired) electrons. The van der Waals surface area contributed by atoms with Crippen LogP contribution in [0.3, 0.4) is 0 Å². The molecular weight excluding hydrogens is 248 g/mol. The van der Waals surface area contributed by atoms with E-state index in [0.29, 0.717) is 12.0 Å². The van der Waals surface area contributed by atoms with Gasteiger partial charge in [-0.15, -0.1) is 0 Å². The van der Waals surface area contributed by atoms with Gasteiger partial charge in [0.15, 0.2) is 0 Å². The highest BCUT2D eigenvalue weighted by Gasteiger charge is 2.23. The molecule has 4 heteroatoms. The van der Waals surface area contributed by atoms with Crippen molar-refractivity contribution < 1.29 is 4.74 Å². The molecule has 0 aromatic heterocycles. The number of ether oxygens (including phenoxy) is 1. The number of halogens is 1. The second kappa shape index (κ2) is 5.91. The molecule has 2 rings (SSSR count). The summed E-state index contributed by atoms with van der Waals surface area (Å²) >= 11 is 6.23. The van der Waals surface area contributed by atoms with Crippen molar-refractivity contribution in [2.24, 2.45) is 11.7 Å². The maximum absolute atomic E-state index is 6.23. The predicted octanol–water partition coefficient (Wildman–Crippen LogP) is 2.52. The maximum atomic E-state index is 6.23. The van der Waals surface area contributed by atoms with Gasteiger partial charge in [-0.3, -0.25) is 4.90 Å². The SMILES string of the molecule is COc1ccc(Cl)c(CN2CCC(N)C(C)C2)c1. The molecule has 2 atom stereocenters. The van der Waals surface area contributed by atoms with Crippen LogP contribution in [-0.4, -0.2) is 31.1 Å². The molecule has 1 aliphatic heterocycles. The predicted molar refractivity (Wildman–Crippen MR) is 75.0 cm³/mol. The zero-order valence-corrected chi connectivity index (χ0v) is 11.8. The van der Waals surface area contributed by atoms with Crippen LogP contribution in [0.2, 0.25) is 5.02 Å². The summed E-state index contributed by atoms with van der Waals surface area (Å²) in [6, 6.07) is 6.14. The number of rotatable bonds is 3. The molecule has 1 saturated heterocycles. The Morgan fingerprint density at radius 1 is 1.50 bits per heavy atom. The minimum Gasteiger partial charge on any atom is -0.497 e. The van der Waals surface area contributed by atoms with E-state index in [-0.39, 0.29) is 0 Å². The van der Waals surface area contributed by atoms with Crippen LogP contribution in [-0.2, 0) is 6.54 Å². The van der Waals surface area contributed by atoms with Crippen molar-refractivity contribution in [2.75, 3.05) is 20.2 Å². The lowest BCUT2D eigenvalue weighted by atomic mass is 9.94. The van der Waals surface area contributed by atoms with Crippen LogP contribution in [0.1, 0.15) is 18.9 Å². The number of nitrogens with zero attached hydrogens (tertiary/aromatic N) is 1. The van der Waals surface area contributed by atoms with Crippen molar-refractivity contribution in [3.8, 4) is 5.75 Å². The Morgan fingerprint density at radius 3 is 2.94 bits per heavy atom. The van der Waals surface area contributed by atoms with Crippen molar-refractivity contribution in [3.63, 3.8) is 0 Å². The van der Waals surface area contributed by atoms with E-state index in [1.165, 1.54) is 0 Å². The van der Waals surface area contributed by atoms with Crippen LogP contribution in [0.5, 0.6) is 5.75 Å². The average Bonchev–Trinajstić information content (AvgIpc) is 2.36. The van der Waals surface area contributed by atoms with Gasteiger partial charge in [-0.2, -0.15) is 0 Å². The van der Waals surface area contributed by atoms with Crippen molar-refractivity contribution in [1.29, 1.82) is 0 Å². The number of nitrogens with two attached hydrogens (primary N) is 1. The Hall–Kier alpha value is -0.770. The van der Waals surface area contributed by atoms with E-state index in [4.69, 9.17) is 22.1 Å². The summed E-state index contributed by atoms with van der Waals surface area (Å²) in [5.41, 5.74) is 7.16. The fourth-order valence-corrected chi connectivity index (χ4v) is 2.61. The third-order valence-electron chi connectivity index (χ3n) is 3.70. The number of hydrogen-bond donors (Lipinski definition) is 1. The Kier molecular flexibility index (Phi) is 4.49. The summed E-state index contributed by atoms with van der Waals surface area (Å²) in [5, 5.41) is 0.804. The second-order valence-electron chi connectivity index (χ2n) is 5.12. The van der Waals surface area contributed by atoms with Gasteiger partial charge in [0.2, 0.25) is 0 Å². The summed E-state index contributed by atoms with van der Waals surface area (Å²) in [6.45, 7) is 5.16. The molecule has 2 N–H and O–H groups in total. The van der Waals surface area contributed by atoms with Crippen molar-refractivity contribution in [1.82, 2.24) is 4.90 Å². The first-order valence-electron chi connectivity index (χ1n) is 6.40. The van der Waals surface area contributed by atoms with Crippen LogP contribution < -0.4 is 10.5 Å². The van der Waals surface area contributed by atoms with E-state index in [9.17, 15) is 0 Å². The summed E-state index contributed by atoms with van der Waals surface area (Å²) in [6.07, 6.45) is 1.06. The number of piperidine rings is 1. The van der Waals surface area contributed by atoms with Gasteiger partial charge in [-0.1, -0.05) is 18.5 Å². The molecule has 3 nitrogen and oxygen atoms in total. The molecule has 0 aliphatic carbocycles. The monoisotopic (exact) mass is 268 g/mol. The first-order chi connectivity index (χ1) is 8.60. The van der Waals surface area contributed by atoms with Crippen LogP contribution in [0.25, 0.3) is 0 Å². The van der Waals surface area contributed by atoms with Crippen molar-refractivity contribution in [3.05, 3.63) is 28.8 Å². The minimum atomic E-state index is 0.335.